The average molecular weight is 367 g/mol. The van der Waals surface area contributed by atoms with E-state index < -0.39 is 0 Å². The van der Waals surface area contributed by atoms with Crippen molar-refractivity contribution in [1.82, 2.24) is 14.8 Å². The molecule has 0 spiro atoms. The number of carbonyl (C=O) groups is 1. The van der Waals surface area contributed by atoms with Crippen molar-refractivity contribution >= 4 is 11.6 Å². The van der Waals surface area contributed by atoms with Gasteiger partial charge in [-0.05, 0) is 49.9 Å². The van der Waals surface area contributed by atoms with E-state index in [1.807, 2.05) is 24.1 Å². The molecule has 27 heavy (non-hydrogen) atoms. The first kappa shape index (κ1) is 18.1. The van der Waals surface area contributed by atoms with Gasteiger partial charge in [-0.15, -0.1) is 0 Å². The highest BCUT2D eigenvalue weighted by atomic mass is 16.2. The molecule has 2 aromatic rings. The highest BCUT2D eigenvalue weighted by Gasteiger charge is 2.30. The Kier molecular flexibility index (Phi) is 5.21. The van der Waals surface area contributed by atoms with Crippen molar-refractivity contribution in [2.75, 3.05) is 44.2 Å². The van der Waals surface area contributed by atoms with Gasteiger partial charge in [0.1, 0.15) is 5.69 Å². The number of aromatic amines is 1. The third kappa shape index (κ3) is 3.88. The van der Waals surface area contributed by atoms with Gasteiger partial charge in [-0.3, -0.25) is 9.69 Å². The lowest BCUT2D eigenvalue weighted by molar-refractivity contribution is 0.0559. The molecule has 0 radical (unpaired) electrons. The van der Waals surface area contributed by atoms with Crippen LogP contribution in [-0.2, 0) is 0 Å². The molecule has 0 aliphatic carbocycles. The molecular weight excluding hydrogens is 336 g/mol. The quantitative estimate of drug-likeness (QED) is 0.908. The van der Waals surface area contributed by atoms with E-state index in [0.717, 1.165) is 56.9 Å². The zero-order valence-corrected chi connectivity index (χ0v) is 16.4. The van der Waals surface area contributed by atoms with Crippen molar-refractivity contribution in [2.45, 2.75) is 32.7 Å². The summed E-state index contributed by atoms with van der Waals surface area (Å²) in [6, 6.07) is 11.1. The molecule has 0 unspecified atom stereocenters. The molecule has 0 saturated carbocycles. The molecule has 1 aromatic heterocycles. The van der Waals surface area contributed by atoms with Crippen LogP contribution < -0.4 is 4.90 Å². The summed E-state index contributed by atoms with van der Waals surface area (Å²) in [7, 11) is 0. The molecule has 0 bridgehead atoms. The lowest BCUT2D eigenvalue weighted by atomic mass is 10.0. The molecule has 2 fully saturated rings. The predicted octanol–water partition coefficient (Wildman–Crippen LogP) is 3.06. The summed E-state index contributed by atoms with van der Waals surface area (Å²) >= 11 is 0. The van der Waals surface area contributed by atoms with Crippen LogP contribution in [0.1, 0.15) is 34.5 Å². The van der Waals surface area contributed by atoms with Crippen molar-refractivity contribution in [2.24, 2.45) is 0 Å². The summed E-state index contributed by atoms with van der Waals surface area (Å²) in [6.07, 6.45) is 4.19. The minimum atomic E-state index is 0.145. The number of anilines is 1. The number of benzene rings is 1. The van der Waals surface area contributed by atoms with E-state index in [4.69, 9.17) is 0 Å². The Morgan fingerprint density at radius 2 is 1.85 bits per heavy atom. The van der Waals surface area contributed by atoms with E-state index >= 15 is 0 Å². The highest BCUT2D eigenvalue weighted by Crippen LogP contribution is 2.24. The standard InChI is InChI=1S/C22H30N4O/c1-17-14-20(23-15-17)22(27)26-9-5-7-19(16-26)24-10-12-25(13-11-24)21-8-4-3-6-18(21)2/h3-4,6,8,14-15,19,23H,5,7,9-13,16H2,1-2H3/t19-/m0/s1. The Morgan fingerprint density at radius 1 is 1.07 bits per heavy atom. The second-order valence-electron chi connectivity index (χ2n) is 7.95. The van der Waals surface area contributed by atoms with Crippen LogP contribution in [0.4, 0.5) is 5.69 Å². The molecule has 1 N–H and O–H groups in total. The van der Waals surface area contributed by atoms with Crippen LogP contribution in [0.5, 0.6) is 0 Å². The van der Waals surface area contributed by atoms with Crippen molar-refractivity contribution < 1.29 is 4.79 Å². The van der Waals surface area contributed by atoms with Crippen LogP contribution in [0.2, 0.25) is 0 Å². The fourth-order valence-electron chi connectivity index (χ4n) is 4.48. The fraction of sp³-hybridized carbons (Fsp3) is 0.500. The van der Waals surface area contributed by atoms with Gasteiger partial charge in [0.25, 0.3) is 5.91 Å². The zero-order valence-electron chi connectivity index (χ0n) is 16.4. The van der Waals surface area contributed by atoms with Gasteiger partial charge in [-0.25, -0.2) is 0 Å². The van der Waals surface area contributed by atoms with Crippen LogP contribution in [0.15, 0.2) is 36.5 Å². The number of para-hydroxylation sites is 1. The van der Waals surface area contributed by atoms with Gasteiger partial charge in [-0.1, -0.05) is 18.2 Å². The fourth-order valence-corrected chi connectivity index (χ4v) is 4.48. The van der Waals surface area contributed by atoms with E-state index in [1.54, 1.807) is 0 Å². The lowest BCUT2D eigenvalue weighted by Gasteiger charge is -2.44. The summed E-state index contributed by atoms with van der Waals surface area (Å²) in [5.41, 5.74) is 4.54. The molecule has 1 aromatic carbocycles. The Morgan fingerprint density at radius 3 is 2.56 bits per heavy atom. The van der Waals surface area contributed by atoms with Crippen molar-refractivity contribution in [3.8, 4) is 0 Å². The maximum Gasteiger partial charge on any atom is 0.270 e. The number of nitrogens with one attached hydrogen (secondary N) is 1. The monoisotopic (exact) mass is 366 g/mol. The van der Waals surface area contributed by atoms with E-state index in [0.29, 0.717) is 6.04 Å². The molecule has 144 valence electrons. The predicted molar refractivity (Wildman–Crippen MR) is 109 cm³/mol. The van der Waals surface area contributed by atoms with E-state index in [2.05, 4.69) is 46.0 Å². The molecule has 4 rings (SSSR count). The molecule has 1 amide bonds. The number of likely N-dealkylation sites (tertiary alicyclic amines) is 1. The number of nitrogens with zero attached hydrogens (tertiary/aromatic N) is 3. The van der Waals surface area contributed by atoms with Crippen molar-refractivity contribution in [3.05, 3.63) is 53.3 Å². The highest BCUT2D eigenvalue weighted by molar-refractivity contribution is 5.92. The van der Waals surface area contributed by atoms with Gasteiger partial charge in [-0.2, -0.15) is 0 Å². The molecule has 1 atom stereocenters. The number of piperazine rings is 1. The van der Waals surface area contributed by atoms with Crippen LogP contribution in [-0.4, -0.2) is 66.0 Å². The van der Waals surface area contributed by atoms with Gasteiger partial charge in [0.2, 0.25) is 0 Å². The first-order valence-electron chi connectivity index (χ1n) is 10.1. The summed E-state index contributed by atoms with van der Waals surface area (Å²) < 4.78 is 0. The second kappa shape index (κ2) is 7.77. The smallest absolute Gasteiger partial charge is 0.270 e. The SMILES string of the molecule is Cc1c[nH]c(C(=O)N2CCC[C@H](N3CCN(c4ccccc4C)CC3)C2)c1. The van der Waals surface area contributed by atoms with Crippen LogP contribution in [0, 0.1) is 13.8 Å². The topological polar surface area (TPSA) is 42.6 Å². The first-order chi connectivity index (χ1) is 13.1. The third-order valence-corrected chi connectivity index (χ3v) is 6.03. The Bertz CT molecular complexity index is 791. The first-order valence-corrected chi connectivity index (χ1v) is 10.1. The summed E-state index contributed by atoms with van der Waals surface area (Å²) in [4.78, 5) is 23.0. The number of rotatable bonds is 3. The van der Waals surface area contributed by atoms with Crippen LogP contribution in [0.25, 0.3) is 0 Å². The normalized spacial score (nSPS) is 21.5. The minimum absolute atomic E-state index is 0.145. The molecule has 2 aliphatic rings. The zero-order chi connectivity index (χ0) is 18.8. The molecule has 2 saturated heterocycles. The Balaban J connectivity index is 1.36. The maximum absolute atomic E-state index is 12.8. The van der Waals surface area contributed by atoms with Gasteiger partial charge < -0.3 is 14.8 Å². The van der Waals surface area contributed by atoms with Gasteiger partial charge in [0.15, 0.2) is 0 Å². The maximum atomic E-state index is 12.8. The van der Waals surface area contributed by atoms with Crippen LogP contribution >= 0.6 is 0 Å². The summed E-state index contributed by atoms with van der Waals surface area (Å²) in [6.45, 7) is 10.2. The molecule has 3 heterocycles. The minimum Gasteiger partial charge on any atom is -0.369 e. The molecule has 2 aliphatic heterocycles. The number of hydrogen-bond acceptors (Lipinski definition) is 3. The average Bonchev–Trinajstić information content (AvgIpc) is 3.14. The van der Waals surface area contributed by atoms with Gasteiger partial charge in [0.05, 0.1) is 0 Å². The van der Waals surface area contributed by atoms with E-state index in [-0.39, 0.29) is 5.91 Å². The summed E-state index contributed by atoms with van der Waals surface area (Å²) in [5.74, 6) is 0.145. The summed E-state index contributed by atoms with van der Waals surface area (Å²) in [5, 5.41) is 0. The molecule has 5 nitrogen and oxygen atoms in total. The molecular formula is C22H30N4O. The third-order valence-electron chi connectivity index (χ3n) is 6.03. The number of carbonyl (C=O) groups excluding carboxylic acids is 1. The number of H-pyrrole nitrogens is 1. The lowest BCUT2D eigenvalue weighted by Crippen LogP contribution is -2.56. The van der Waals surface area contributed by atoms with E-state index in [1.165, 1.54) is 17.7 Å². The number of aryl methyl sites for hydroxylation is 2. The van der Waals surface area contributed by atoms with Crippen molar-refractivity contribution in [3.63, 3.8) is 0 Å². The Hall–Kier alpha value is -2.27. The second-order valence-corrected chi connectivity index (χ2v) is 7.95. The van der Waals surface area contributed by atoms with E-state index in [9.17, 15) is 4.79 Å². The van der Waals surface area contributed by atoms with Gasteiger partial charge >= 0.3 is 0 Å². The number of hydrogen-bond donors (Lipinski definition) is 1. The number of amides is 1. The largest absolute Gasteiger partial charge is 0.369 e. The number of aromatic nitrogens is 1. The van der Waals surface area contributed by atoms with Crippen molar-refractivity contribution in [1.29, 1.82) is 0 Å². The van der Waals surface area contributed by atoms with Gasteiger partial charge in [0, 0.05) is 57.2 Å². The Labute approximate surface area is 162 Å². The van der Waals surface area contributed by atoms with Crippen LogP contribution in [0.3, 0.4) is 0 Å². The molecule has 5 heteroatoms. The number of piperidine rings is 1.